The van der Waals surface area contributed by atoms with Crippen molar-refractivity contribution in [2.24, 2.45) is 0 Å². The highest BCUT2D eigenvalue weighted by Crippen LogP contribution is 2.37. The molecule has 0 unspecified atom stereocenters. The average molecular weight is 389 g/mol. The fraction of sp³-hybridized carbons (Fsp3) is 0.294. The van der Waals surface area contributed by atoms with Gasteiger partial charge in [-0.15, -0.1) is 0 Å². The number of amides is 1. The van der Waals surface area contributed by atoms with E-state index >= 15 is 0 Å². The van der Waals surface area contributed by atoms with Crippen molar-refractivity contribution in [3.63, 3.8) is 0 Å². The molecule has 140 valence electrons. The van der Waals surface area contributed by atoms with Gasteiger partial charge in [-0.3, -0.25) is 0 Å². The molecule has 1 N–H and O–H groups in total. The van der Waals surface area contributed by atoms with Gasteiger partial charge < -0.3 is 19.6 Å². The number of carbonyl (C=O) groups excluding carboxylic acids is 1. The van der Waals surface area contributed by atoms with Crippen LogP contribution in [0, 0.1) is 0 Å². The van der Waals surface area contributed by atoms with Gasteiger partial charge in [0.05, 0.1) is 5.02 Å². The Morgan fingerprint density at radius 1 is 1.11 bits per heavy atom. The minimum absolute atomic E-state index is 0.0642. The van der Waals surface area contributed by atoms with Crippen molar-refractivity contribution in [3.8, 4) is 17.6 Å². The first-order valence-corrected chi connectivity index (χ1v) is 8.74. The number of halogens is 1. The van der Waals surface area contributed by atoms with Crippen molar-refractivity contribution in [3.05, 3.63) is 35.7 Å². The number of rotatable bonds is 2. The molecule has 0 aliphatic carbocycles. The number of hydrogen-bond acceptors (Lipinski definition) is 7. The number of hydrogen-bond donors (Lipinski definition) is 1. The normalized spacial score (nSPS) is 15.3. The molecule has 9 nitrogen and oxygen atoms in total. The summed E-state index contributed by atoms with van der Waals surface area (Å²) in [5.41, 5.74) is 0.490. The molecule has 0 bridgehead atoms. The predicted octanol–water partition coefficient (Wildman–Crippen LogP) is 1.92. The first-order valence-electron chi connectivity index (χ1n) is 8.36. The summed E-state index contributed by atoms with van der Waals surface area (Å²) in [7, 11) is 2.00. The number of aromatic hydroxyl groups is 1. The van der Waals surface area contributed by atoms with Gasteiger partial charge in [0.25, 0.3) is 0 Å². The van der Waals surface area contributed by atoms with E-state index in [9.17, 15) is 9.90 Å². The van der Waals surface area contributed by atoms with E-state index in [1.807, 2.05) is 7.05 Å². The Kier molecular flexibility index (Phi) is 4.54. The summed E-state index contributed by atoms with van der Waals surface area (Å²) in [6.07, 6.45) is 3.85. The van der Waals surface area contributed by atoms with Gasteiger partial charge in [-0.2, -0.15) is 0 Å². The van der Waals surface area contributed by atoms with E-state index in [4.69, 9.17) is 16.3 Å². The van der Waals surface area contributed by atoms with Gasteiger partial charge in [-0.05, 0) is 19.2 Å². The Morgan fingerprint density at radius 2 is 1.81 bits per heavy atom. The van der Waals surface area contributed by atoms with Gasteiger partial charge >= 0.3 is 6.09 Å². The van der Waals surface area contributed by atoms with Gasteiger partial charge in [0.15, 0.2) is 11.0 Å². The fourth-order valence-electron chi connectivity index (χ4n) is 2.91. The second kappa shape index (κ2) is 7.01. The van der Waals surface area contributed by atoms with Crippen LogP contribution in [0.2, 0.25) is 5.02 Å². The zero-order chi connectivity index (χ0) is 19.0. The van der Waals surface area contributed by atoms with Crippen LogP contribution in [0.3, 0.4) is 0 Å². The lowest BCUT2D eigenvalue weighted by Crippen LogP contribution is -2.48. The second-order valence-electron chi connectivity index (χ2n) is 6.21. The minimum Gasteiger partial charge on any atom is -0.493 e. The van der Waals surface area contributed by atoms with Gasteiger partial charge in [0.2, 0.25) is 11.8 Å². The van der Waals surface area contributed by atoms with Gasteiger partial charge in [0.1, 0.15) is 5.82 Å². The molecule has 0 atom stereocenters. The quantitative estimate of drug-likeness (QED) is 0.716. The molecule has 3 aromatic rings. The Morgan fingerprint density at radius 3 is 2.48 bits per heavy atom. The molecular formula is C17H17ClN6O3. The number of piperazine rings is 1. The van der Waals surface area contributed by atoms with Gasteiger partial charge in [-0.25, -0.2) is 24.3 Å². The molecule has 4 heterocycles. The molecule has 1 saturated heterocycles. The summed E-state index contributed by atoms with van der Waals surface area (Å²) in [4.78, 5) is 29.0. The maximum absolute atomic E-state index is 12.7. The lowest BCUT2D eigenvalue weighted by Gasteiger charge is -2.31. The highest BCUT2D eigenvalue weighted by molar-refractivity contribution is 6.30. The number of aromatic nitrogens is 4. The summed E-state index contributed by atoms with van der Waals surface area (Å²) >= 11 is 5.90. The summed E-state index contributed by atoms with van der Waals surface area (Å²) in [5.74, 6) is 0.182. The van der Waals surface area contributed by atoms with E-state index in [2.05, 4.69) is 19.9 Å². The van der Waals surface area contributed by atoms with Crippen molar-refractivity contribution in [2.75, 3.05) is 33.2 Å². The van der Waals surface area contributed by atoms with Crippen LogP contribution in [-0.4, -0.2) is 73.7 Å². The Labute approximate surface area is 159 Å². The van der Waals surface area contributed by atoms with Crippen LogP contribution < -0.4 is 4.74 Å². The van der Waals surface area contributed by atoms with Crippen LogP contribution in [0.15, 0.2) is 30.7 Å². The first kappa shape index (κ1) is 17.5. The third kappa shape index (κ3) is 3.26. The highest BCUT2D eigenvalue weighted by atomic mass is 35.5. The third-order valence-corrected chi connectivity index (χ3v) is 4.64. The molecule has 0 spiro atoms. The third-order valence-electron chi connectivity index (χ3n) is 4.41. The monoisotopic (exact) mass is 388 g/mol. The molecule has 1 aliphatic heterocycles. The number of likely N-dealkylation sites (N-methyl/N-ethyl adjacent to an activating group) is 1. The molecule has 10 heteroatoms. The van der Waals surface area contributed by atoms with Crippen molar-refractivity contribution < 1.29 is 14.6 Å². The fourth-order valence-corrected chi connectivity index (χ4v) is 3.02. The molecule has 1 amide bonds. The smallest absolute Gasteiger partial charge is 0.416 e. The molecule has 3 aromatic heterocycles. The largest absolute Gasteiger partial charge is 0.493 e. The maximum Gasteiger partial charge on any atom is 0.416 e. The SMILES string of the molecule is CN1CCN(C(=O)Oc2c3nccnc3c(O)n2-c2ccc(Cl)cn2)CC1. The summed E-state index contributed by atoms with van der Waals surface area (Å²) in [6, 6.07) is 3.23. The van der Waals surface area contributed by atoms with Crippen molar-refractivity contribution in [2.45, 2.75) is 0 Å². The van der Waals surface area contributed by atoms with Gasteiger partial charge in [-0.1, -0.05) is 11.6 Å². The predicted molar refractivity (Wildman–Crippen MR) is 98.4 cm³/mol. The van der Waals surface area contributed by atoms with Crippen LogP contribution in [0.4, 0.5) is 4.79 Å². The van der Waals surface area contributed by atoms with E-state index in [0.717, 1.165) is 13.1 Å². The topological polar surface area (TPSA) is 96.6 Å². The first-order chi connectivity index (χ1) is 13.0. The lowest BCUT2D eigenvalue weighted by molar-refractivity contribution is 0.119. The molecule has 1 fully saturated rings. The number of fused-ring (bicyclic) bond motifs is 1. The van der Waals surface area contributed by atoms with E-state index in [-0.39, 0.29) is 22.8 Å². The summed E-state index contributed by atoms with van der Waals surface area (Å²) < 4.78 is 6.94. The standard InChI is InChI=1S/C17H17ClN6O3/c1-22-6-8-23(9-7-22)17(26)27-16-14-13(19-4-5-20-14)15(25)24(16)12-3-2-11(18)10-21-12/h2-5,10,25H,6-9H2,1H3. The number of carbonyl (C=O) groups is 1. The average Bonchev–Trinajstić information content (AvgIpc) is 2.95. The van der Waals surface area contributed by atoms with Crippen LogP contribution in [0.5, 0.6) is 11.8 Å². The molecule has 27 heavy (non-hydrogen) atoms. The Hall–Kier alpha value is -2.91. The zero-order valence-corrected chi connectivity index (χ0v) is 15.3. The van der Waals surface area contributed by atoms with Crippen LogP contribution in [0.1, 0.15) is 0 Å². The number of ether oxygens (including phenoxy) is 1. The van der Waals surface area contributed by atoms with Gasteiger partial charge in [0, 0.05) is 44.8 Å². The van der Waals surface area contributed by atoms with Crippen LogP contribution in [-0.2, 0) is 0 Å². The highest BCUT2D eigenvalue weighted by Gasteiger charge is 2.27. The van der Waals surface area contributed by atoms with Crippen molar-refractivity contribution >= 4 is 28.7 Å². The van der Waals surface area contributed by atoms with E-state index in [1.54, 1.807) is 17.0 Å². The molecule has 4 rings (SSSR count). The van der Waals surface area contributed by atoms with E-state index < -0.39 is 6.09 Å². The molecule has 0 radical (unpaired) electrons. The second-order valence-corrected chi connectivity index (χ2v) is 6.65. The Balaban J connectivity index is 1.75. The summed E-state index contributed by atoms with van der Waals surface area (Å²) in [5, 5.41) is 11.1. The summed E-state index contributed by atoms with van der Waals surface area (Å²) in [6.45, 7) is 2.65. The molecule has 0 aromatic carbocycles. The van der Waals surface area contributed by atoms with E-state index in [0.29, 0.717) is 23.9 Å². The van der Waals surface area contributed by atoms with Crippen LogP contribution in [0.25, 0.3) is 16.9 Å². The number of pyridine rings is 1. The number of nitrogens with zero attached hydrogens (tertiary/aromatic N) is 6. The maximum atomic E-state index is 12.7. The molecular weight excluding hydrogens is 372 g/mol. The Bertz CT molecular complexity index is 982. The van der Waals surface area contributed by atoms with E-state index in [1.165, 1.54) is 23.2 Å². The van der Waals surface area contributed by atoms with Crippen molar-refractivity contribution in [1.29, 1.82) is 0 Å². The van der Waals surface area contributed by atoms with Crippen LogP contribution >= 0.6 is 11.6 Å². The van der Waals surface area contributed by atoms with Crippen molar-refractivity contribution in [1.82, 2.24) is 29.3 Å². The minimum atomic E-state index is -0.511. The lowest BCUT2D eigenvalue weighted by atomic mass is 10.3. The molecule has 1 aliphatic rings. The molecule has 0 saturated carbocycles. The zero-order valence-electron chi connectivity index (χ0n) is 14.5.